The van der Waals surface area contributed by atoms with Gasteiger partial charge in [-0.15, -0.1) is 0 Å². The van der Waals surface area contributed by atoms with E-state index in [1.54, 1.807) is 13.8 Å². The molecular formula is C8H16O5. The van der Waals surface area contributed by atoms with E-state index in [0.717, 1.165) is 0 Å². The molecule has 1 saturated heterocycles. The lowest BCUT2D eigenvalue weighted by atomic mass is 9.79. The maximum atomic E-state index is 9.58. The first kappa shape index (κ1) is 10.9. The Morgan fingerprint density at radius 1 is 1.23 bits per heavy atom. The molecule has 0 spiro atoms. The quantitative estimate of drug-likeness (QED) is 0.403. The highest BCUT2D eigenvalue weighted by atomic mass is 16.6. The fourth-order valence-corrected chi connectivity index (χ4v) is 1.36. The zero-order valence-corrected chi connectivity index (χ0v) is 7.71. The Balaban J connectivity index is 2.79. The lowest BCUT2D eigenvalue weighted by molar-refractivity contribution is -0.297. The zero-order valence-electron chi connectivity index (χ0n) is 7.71. The summed E-state index contributed by atoms with van der Waals surface area (Å²) in [5.41, 5.74) is -0.926. The summed E-state index contributed by atoms with van der Waals surface area (Å²) in [5.74, 6) is 0. The van der Waals surface area contributed by atoms with Gasteiger partial charge in [0.05, 0.1) is 12.7 Å². The fourth-order valence-electron chi connectivity index (χ4n) is 1.36. The molecule has 13 heavy (non-hydrogen) atoms. The van der Waals surface area contributed by atoms with Crippen molar-refractivity contribution in [1.82, 2.24) is 0 Å². The van der Waals surface area contributed by atoms with Gasteiger partial charge in [-0.1, -0.05) is 13.8 Å². The van der Waals surface area contributed by atoms with Crippen LogP contribution < -0.4 is 0 Å². The molecule has 0 saturated carbocycles. The Hall–Kier alpha value is -0.200. The second-order valence-electron chi connectivity index (χ2n) is 3.97. The Bertz CT molecular complexity index is 181. The van der Waals surface area contributed by atoms with Gasteiger partial charge in [0.15, 0.2) is 6.29 Å². The standard InChI is InChI=1S/C8H16O5/c1-8(2)6(11)5(10)4(3-9)13-7(8)12/h4-7,9-12H,3H2,1-2H3/t4?,5-,6-,7+/m1/s1. The molecule has 1 aliphatic rings. The minimum absolute atomic E-state index is 0.425. The molecule has 0 aromatic rings. The molecule has 4 atom stereocenters. The van der Waals surface area contributed by atoms with Crippen LogP contribution in [-0.4, -0.2) is 51.6 Å². The summed E-state index contributed by atoms with van der Waals surface area (Å²) in [4.78, 5) is 0. The van der Waals surface area contributed by atoms with Crippen LogP contribution in [0.4, 0.5) is 0 Å². The van der Waals surface area contributed by atoms with Crippen molar-refractivity contribution in [2.75, 3.05) is 6.61 Å². The van der Waals surface area contributed by atoms with E-state index in [1.165, 1.54) is 0 Å². The topological polar surface area (TPSA) is 90.2 Å². The van der Waals surface area contributed by atoms with Gasteiger partial charge in [0.25, 0.3) is 0 Å². The van der Waals surface area contributed by atoms with Crippen LogP contribution in [0.25, 0.3) is 0 Å². The largest absolute Gasteiger partial charge is 0.394 e. The van der Waals surface area contributed by atoms with Crippen molar-refractivity contribution in [3.05, 3.63) is 0 Å². The number of aliphatic hydroxyl groups is 4. The van der Waals surface area contributed by atoms with E-state index in [0.29, 0.717) is 0 Å². The third-order valence-corrected chi connectivity index (χ3v) is 2.59. The van der Waals surface area contributed by atoms with E-state index in [2.05, 4.69) is 0 Å². The molecule has 0 radical (unpaired) electrons. The highest BCUT2D eigenvalue weighted by Crippen LogP contribution is 2.34. The summed E-state index contributed by atoms with van der Waals surface area (Å²) in [5, 5.41) is 37.2. The first-order chi connectivity index (χ1) is 5.91. The molecule has 0 bridgehead atoms. The molecule has 0 aromatic carbocycles. The van der Waals surface area contributed by atoms with E-state index in [-0.39, 0.29) is 0 Å². The van der Waals surface area contributed by atoms with Gasteiger partial charge >= 0.3 is 0 Å². The van der Waals surface area contributed by atoms with Gasteiger partial charge in [-0.05, 0) is 0 Å². The van der Waals surface area contributed by atoms with Gasteiger partial charge in [0, 0.05) is 5.41 Å². The summed E-state index contributed by atoms with van der Waals surface area (Å²) < 4.78 is 4.93. The predicted molar refractivity (Wildman–Crippen MR) is 43.8 cm³/mol. The van der Waals surface area contributed by atoms with E-state index in [4.69, 9.17) is 9.84 Å². The molecule has 0 aliphatic carbocycles. The number of ether oxygens (including phenoxy) is 1. The Morgan fingerprint density at radius 2 is 1.77 bits per heavy atom. The smallest absolute Gasteiger partial charge is 0.162 e. The van der Waals surface area contributed by atoms with Crippen LogP contribution in [0.2, 0.25) is 0 Å². The van der Waals surface area contributed by atoms with Crippen LogP contribution >= 0.6 is 0 Å². The number of aliphatic hydroxyl groups excluding tert-OH is 4. The summed E-state index contributed by atoms with van der Waals surface area (Å²) in [7, 11) is 0. The van der Waals surface area contributed by atoms with Crippen LogP contribution in [0.15, 0.2) is 0 Å². The van der Waals surface area contributed by atoms with E-state index in [9.17, 15) is 15.3 Å². The van der Waals surface area contributed by atoms with Crippen LogP contribution in [0, 0.1) is 5.41 Å². The van der Waals surface area contributed by atoms with Gasteiger partial charge in [-0.3, -0.25) is 0 Å². The SMILES string of the molecule is CC1(C)[C@H](O)[C@H](O)C(CO)O[C@@H]1O. The Morgan fingerprint density at radius 3 is 2.23 bits per heavy atom. The van der Waals surface area contributed by atoms with Crippen molar-refractivity contribution in [3.63, 3.8) is 0 Å². The molecule has 1 heterocycles. The van der Waals surface area contributed by atoms with Crippen molar-refractivity contribution >= 4 is 0 Å². The van der Waals surface area contributed by atoms with Crippen molar-refractivity contribution in [1.29, 1.82) is 0 Å². The van der Waals surface area contributed by atoms with Crippen LogP contribution in [0.1, 0.15) is 13.8 Å². The fraction of sp³-hybridized carbons (Fsp3) is 1.00. The number of hydrogen-bond acceptors (Lipinski definition) is 5. The van der Waals surface area contributed by atoms with Crippen LogP contribution in [0.3, 0.4) is 0 Å². The zero-order chi connectivity index (χ0) is 10.2. The summed E-state index contributed by atoms with van der Waals surface area (Å²) in [6.45, 7) is 2.74. The minimum atomic E-state index is -1.18. The van der Waals surface area contributed by atoms with Gasteiger partial charge in [-0.2, -0.15) is 0 Å². The maximum absolute atomic E-state index is 9.58. The molecule has 0 aromatic heterocycles. The normalized spacial score (nSPS) is 44.8. The third kappa shape index (κ3) is 1.70. The monoisotopic (exact) mass is 192 g/mol. The lowest BCUT2D eigenvalue weighted by Crippen LogP contribution is -2.59. The average Bonchev–Trinajstić information content (AvgIpc) is 2.09. The van der Waals surface area contributed by atoms with Crippen LogP contribution in [0.5, 0.6) is 0 Å². The molecule has 4 N–H and O–H groups in total. The molecule has 1 aliphatic heterocycles. The third-order valence-electron chi connectivity index (χ3n) is 2.59. The molecule has 0 amide bonds. The lowest BCUT2D eigenvalue weighted by Gasteiger charge is -2.45. The van der Waals surface area contributed by atoms with Gasteiger partial charge in [0.1, 0.15) is 12.2 Å². The Labute approximate surface area is 76.6 Å². The van der Waals surface area contributed by atoms with Gasteiger partial charge < -0.3 is 25.2 Å². The molecule has 78 valence electrons. The highest BCUT2D eigenvalue weighted by Gasteiger charge is 2.48. The van der Waals surface area contributed by atoms with Crippen molar-refractivity contribution in [3.8, 4) is 0 Å². The van der Waals surface area contributed by atoms with Crippen molar-refractivity contribution in [2.45, 2.75) is 38.4 Å². The van der Waals surface area contributed by atoms with E-state index in [1.807, 2.05) is 0 Å². The predicted octanol–water partition coefficient (Wildman–Crippen LogP) is -1.56. The Kier molecular flexibility index (Phi) is 2.94. The summed E-state index contributed by atoms with van der Waals surface area (Å²) >= 11 is 0. The molecule has 5 nitrogen and oxygen atoms in total. The molecule has 5 heteroatoms. The maximum Gasteiger partial charge on any atom is 0.162 e. The first-order valence-corrected chi connectivity index (χ1v) is 4.21. The van der Waals surface area contributed by atoms with Crippen molar-refractivity contribution < 1.29 is 25.2 Å². The van der Waals surface area contributed by atoms with E-state index < -0.39 is 36.6 Å². The summed E-state index contributed by atoms with van der Waals surface area (Å²) in [6, 6.07) is 0. The highest BCUT2D eigenvalue weighted by molar-refractivity contribution is 4.93. The van der Waals surface area contributed by atoms with Gasteiger partial charge in [0.2, 0.25) is 0 Å². The second kappa shape index (κ2) is 3.51. The second-order valence-corrected chi connectivity index (χ2v) is 3.97. The summed E-state index contributed by atoms with van der Waals surface area (Å²) in [6.07, 6.45) is -4.36. The molecule has 1 fully saturated rings. The van der Waals surface area contributed by atoms with E-state index >= 15 is 0 Å². The number of rotatable bonds is 1. The van der Waals surface area contributed by atoms with Crippen LogP contribution in [-0.2, 0) is 4.74 Å². The average molecular weight is 192 g/mol. The van der Waals surface area contributed by atoms with Gasteiger partial charge in [-0.25, -0.2) is 0 Å². The number of hydrogen-bond donors (Lipinski definition) is 4. The molecular weight excluding hydrogens is 176 g/mol. The minimum Gasteiger partial charge on any atom is -0.394 e. The molecule has 1 unspecified atom stereocenters. The molecule has 1 rings (SSSR count). The van der Waals surface area contributed by atoms with Crippen molar-refractivity contribution in [2.24, 2.45) is 5.41 Å². The first-order valence-electron chi connectivity index (χ1n) is 4.21.